The van der Waals surface area contributed by atoms with Crippen molar-refractivity contribution < 1.29 is 19.4 Å². The highest BCUT2D eigenvalue weighted by atomic mass is 16.5. The molecule has 0 aromatic carbocycles. The average molecular weight is 440 g/mol. The minimum atomic E-state index is -0.622. The van der Waals surface area contributed by atoms with Gasteiger partial charge in [-0.25, -0.2) is 4.79 Å². The van der Waals surface area contributed by atoms with Crippen LogP contribution in [0.3, 0.4) is 0 Å². The third-order valence-electron chi connectivity index (χ3n) is 6.57. The van der Waals surface area contributed by atoms with E-state index in [1.807, 2.05) is 0 Å². The van der Waals surface area contributed by atoms with E-state index in [4.69, 9.17) is 4.74 Å². The Kier molecular flexibility index (Phi) is 16.6. The van der Waals surface area contributed by atoms with Gasteiger partial charge in [-0.05, 0) is 6.42 Å². The Morgan fingerprint density at radius 3 is 1.61 bits per heavy atom. The number of aliphatic hydroxyl groups is 1. The summed E-state index contributed by atoms with van der Waals surface area (Å²) in [5, 5.41) is 9.78. The predicted octanol–water partition coefficient (Wildman–Crippen LogP) is 6.16. The van der Waals surface area contributed by atoms with Crippen LogP contribution in [0.15, 0.2) is 0 Å². The molecule has 5 heteroatoms. The lowest BCUT2D eigenvalue weighted by molar-refractivity contribution is -0.151. The molecule has 1 rings (SSSR count). The number of ether oxygens (including phenoxy) is 1. The summed E-state index contributed by atoms with van der Waals surface area (Å²) in [7, 11) is 1.33. The SMILES string of the molecule is CCCCCCCCCCCCCCCCCCCC(=O)N1CC(O)C[C@H]1C(=O)OC. The molecule has 1 aliphatic heterocycles. The van der Waals surface area contributed by atoms with Gasteiger partial charge in [0.15, 0.2) is 0 Å². The van der Waals surface area contributed by atoms with E-state index in [1.165, 1.54) is 108 Å². The summed E-state index contributed by atoms with van der Waals surface area (Å²) in [6.07, 6.45) is 22.5. The molecule has 2 atom stereocenters. The fourth-order valence-corrected chi connectivity index (χ4v) is 4.59. The Morgan fingerprint density at radius 2 is 1.19 bits per heavy atom. The Bertz CT molecular complexity index is 468. The normalized spacial score (nSPS) is 18.5. The number of rotatable bonds is 19. The molecule has 0 spiro atoms. The second-order valence-corrected chi connectivity index (χ2v) is 9.38. The molecule has 0 bridgehead atoms. The summed E-state index contributed by atoms with van der Waals surface area (Å²) in [5.41, 5.74) is 0. The Balaban J connectivity index is 1.88. The van der Waals surface area contributed by atoms with Gasteiger partial charge in [-0.2, -0.15) is 0 Å². The number of nitrogens with zero attached hydrogens (tertiary/aromatic N) is 1. The number of hydrogen-bond acceptors (Lipinski definition) is 4. The van der Waals surface area contributed by atoms with Crippen LogP contribution in [-0.2, 0) is 14.3 Å². The van der Waals surface area contributed by atoms with Gasteiger partial charge in [0.25, 0.3) is 0 Å². The van der Waals surface area contributed by atoms with E-state index in [0.717, 1.165) is 12.8 Å². The second kappa shape index (κ2) is 18.5. The monoisotopic (exact) mass is 439 g/mol. The van der Waals surface area contributed by atoms with E-state index >= 15 is 0 Å². The first-order chi connectivity index (χ1) is 15.1. The molecule has 182 valence electrons. The zero-order chi connectivity index (χ0) is 22.7. The highest BCUT2D eigenvalue weighted by molar-refractivity contribution is 5.85. The zero-order valence-corrected chi connectivity index (χ0v) is 20.4. The minimum Gasteiger partial charge on any atom is -0.467 e. The van der Waals surface area contributed by atoms with Crippen LogP contribution in [0.25, 0.3) is 0 Å². The summed E-state index contributed by atoms with van der Waals surface area (Å²) in [5.74, 6) is -0.458. The number of methoxy groups -OCH3 is 1. The van der Waals surface area contributed by atoms with Crippen molar-refractivity contribution in [2.24, 2.45) is 0 Å². The maximum Gasteiger partial charge on any atom is 0.328 e. The largest absolute Gasteiger partial charge is 0.467 e. The van der Waals surface area contributed by atoms with Crippen LogP contribution in [0.2, 0.25) is 0 Å². The average Bonchev–Trinajstić information content (AvgIpc) is 3.17. The summed E-state index contributed by atoms with van der Waals surface area (Å²) < 4.78 is 4.76. The van der Waals surface area contributed by atoms with Crippen molar-refractivity contribution in [2.75, 3.05) is 13.7 Å². The van der Waals surface area contributed by atoms with Crippen LogP contribution >= 0.6 is 0 Å². The first-order valence-electron chi connectivity index (χ1n) is 13.2. The van der Waals surface area contributed by atoms with Gasteiger partial charge in [0, 0.05) is 19.4 Å². The number of carbonyl (C=O) groups excluding carboxylic acids is 2. The van der Waals surface area contributed by atoms with Crippen molar-refractivity contribution in [2.45, 2.75) is 141 Å². The van der Waals surface area contributed by atoms with E-state index in [-0.39, 0.29) is 18.9 Å². The summed E-state index contributed by atoms with van der Waals surface area (Å²) in [4.78, 5) is 25.7. The molecule has 1 saturated heterocycles. The molecule has 0 saturated carbocycles. The van der Waals surface area contributed by atoms with Gasteiger partial charge in [-0.15, -0.1) is 0 Å². The molecule has 1 N–H and O–H groups in total. The van der Waals surface area contributed by atoms with E-state index in [1.54, 1.807) is 0 Å². The Morgan fingerprint density at radius 1 is 0.774 bits per heavy atom. The van der Waals surface area contributed by atoms with Crippen LogP contribution in [0, 0.1) is 0 Å². The lowest BCUT2D eigenvalue weighted by Gasteiger charge is -2.22. The molecule has 0 aliphatic carbocycles. The number of unbranched alkanes of at least 4 members (excludes halogenated alkanes) is 16. The number of likely N-dealkylation sites (tertiary alicyclic amines) is 1. The van der Waals surface area contributed by atoms with Crippen molar-refractivity contribution in [1.29, 1.82) is 0 Å². The fraction of sp³-hybridized carbons (Fsp3) is 0.923. The van der Waals surface area contributed by atoms with Gasteiger partial charge in [-0.3, -0.25) is 4.79 Å². The second-order valence-electron chi connectivity index (χ2n) is 9.38. The lowest BCUT2D eigenvalue weighted by Crippen LogP contribution is -2.41. The molecule has 1 fully saturated rings. The maximum absolute atomic E-state index is 12.4. The summed E-state index contributed by atoms with van der Waals surface area (Å²) in [6, 6.07) is -0.613. The van der Waals surface area contributed by atoms with Gasteiger partial charge >= 0.3 is 5.97 Å². The molecule has 0 aromatic heterocycles. The van der Waals surface area contributed by atoms with E-state index in [9.17, 15) is 14.7 Å². The molecule has 1 heterocycles. The number of carbonyl (C=O) groups is 2. The first-order valence-corrected chi connectivity index (χ1v) is 13.2. The standard InChI is InChI=1S/C26H49NO4/c1-3-4-5-6-7-8-9-10-11-12-13-14-15-16-17-18-19-20-25(29)27-22-23(28)21-24(27)26(30)31-2/h23-24,28H,3-22H2,1-2H3/t23?,24-/m0/s1. The highest BCUT2D eigenvalue weighted by Crippen LogP contribution is 2.21. The summed E-state index contributed by atoms with van der Waals surface area (Å²) >= 11 is 0. The quantitative estimate of drug-likeness (QED) is 0.193. The number of aliphatic hydroxyl groups excluding tert-OH is 1. The lowest BCUT2D eigenvalue weighted by atomic mass is 10.0. The smallest absolute Gasteiger partial charge is 0.328 e. The molecule has 31 heavy (non-hydrogen) atoms. The molecule has 0 radical (unpaired) electrons. The third-order valence-corrected chi connectivity index (χ3v) is 6.57. The Hall–Kier alpha value is -1.10. The summed E-state index contributed by atoms with van der Waals surface area (Å²) in [6.45, 7) is 2.52. The highest BCUT2D eigenvalue weighted by Gasteiger charge is 2.39. The molecule has 0 aromatic rings. The molecular formula is C26H49NO4. The van der Waals surface area contributed by atoms with Crippen molar-refractivity contribution in [3.63, 3.8) is 0 Å². The van der Waals surface area contributed by atoms with Crippen LogP contribution in [0.5, 0.6) is 0 Å². The van der Waals surface area contributed by atoms with E-state index in [2.05, 4.69) is 6.92 Å². The zero-order valence-electron chi connectivity index (χ0n) is 20.4. The topological polar surface area (TPSA) is 66.8 Å². The molecule has 5 nitrogen and oxygen atoms in total. The van der Waals surface area contributed by atoms with Crippen molar-refractivity contribution >= 4 is 11.9 Å². The maximum atomic E-state index is 12.4. The van der Waals surface area contributed by atoms with Crippen LogP contribution in [-0.4, -0.2) is 47.7 Å². The van der Waals surface area contributed by atoms with Crippen molar-refractivity contribution in [1.82, 2.24) is 4.90 Å². The number of amides is 1. The minimum absolute atomic E-state index is 0.0343. The van der Waals surface area contributed by atoms with Crippen molar-refractivity contribution in [3.05, 3.63) is 0 Å². The number of esters is 1. The molecule has 1 aliphatic rings. The van der Waals surface area contributed by atoms with E-state index < -0.39 is 18.1 Å². The first kappa shape index (κ1) is 27.9. The number of hydrogen-bond donors (Lipinski definition) is 1. The van der Waals surface area contributed by atoms with E-state index in [0.29, 0.717) is 6.42 Å². The van der Waals surface area contributed by atoms with Crippen LogP contribution < -0.4 is 0 Å². The van der Waals surface area contributed by atoms with Gasteiger partial charge in [0.1, 0.15) is 6.04 Å². The Labute approximate surface area is 191 Å². The van der Waals surface area contributed by atoms with Gasteiger partial charge in [-0.1, -0.05) is 110 Å². The fourth-order valence-electron chi connectivity index (χ4n) is 4.59. The third kappa shape index (κ3) is 13.1. The van der Waals surface area contributed by atoms with Gasteiger partial charge in [0.05, 0.1) is 13.2 Å². The van der Waals surface area contributed by atoms with Crippen molar-refractivity contribution in [3.8, 4) is 0 Å². The molecular weight excluding hydrogens is 390 g/mol. The number of β-amino-alcohol motifs (C(OH)–C–C–N with tert-alkyl or cyclic N) is 1. The predicted molar refractivity (Wildman–Crippen MR) is 127 cm³/mol. The van der Waals surface area contributed by atoms with Crippen LogP contribution in [0.4, 0.5) is 0 Å². The van der Waals surface area contributed by atoms with Gasteiger partial charge < -0.3 is 14.7 Å². The molecule has 1 amide bonds. The van der Waals surface area contributed by atoms with Gasteiger partial charge in [0.2, 0.25) is 5.91 Å². The van der Waals surface area contributed by atoms with Crippen LogP contribution in [0.1, 0.15) is 129 Å². The molecule has 1 unspecified atom stereocenters.